The molecule has 1 aromatic heterocycles. The molecule has 0 atom stereocenters. The molecule has 1 heterocycles. The molecule has 6 heteroatoms. The number of aryl methyl sites for hydroxylation is 1. The Kier molecular flexibility index (Phi) is 5.31. The van der Waals surface area contributed by atoms with Crippen molar-refractivity contribution in [1.29, 1.82) is 0 Å². The predicted molar refractivity (Wildman–Crippen MR) is 84.2 cm³/mol. The molecule has 0 unspecified atom stereocenters. The molecule has 6 nitrogen and oxygen atoms in total. The van der Waals surface area contributed by atoms with Crippen molar-refractivity contribution in [2.24, 2.45) is 0 Å². The summed E-state index contributed by atoms with van der Waals surface area (Å²) in [4.78, 5) is 12.8. The summed E-state index contributed by atoms with van der Waals surface area (Å²) in [5, 5.41) is 6.33. The van der Waals surface area contributed by atoms with Crippen LogP contribution < -0.4 is 15.4 Å². The van der Waals surface area contributed by atoms with Gasteiger partial charge >= 0.3 is 6.01 Å². The van der Waals surface area contributed by atoms with Gasteiger partial charge in [0.15, 0.2) is 0 Å². The molecule has 0 aliphatic heterocycles. The monoisotopic (exact) mass is 287 g/mol. The third kappa shape index (κ3) is 4.59. The number of aromatic nitrogens is 3. The van der Waals surface area contributed by atoms with E-state index in [2.05, 4.69) is 32.5 Å². The third-order valence-electron chi connectivity index (χ3n) is 2.70. The summed E-state index contributed by atoms with van der Waals surface area (Å²) in [5.74, 6) is 0.989. The zero-order valence-corrected chi connectivity index (χ0v) is 12.7. The van der Waals surface area contributed by atoms with Crippen molar-refractivity contribution in [3.8, 4) is 6.01 Å². The second-order valence-corrected chi connectivity index (χ2v) is 4.62. The van der Waals surface area contributed by atoms with Gasteiger partial charge in [0, 0.05) is 12.2 Å². The van der Waals surface area contributed by atoms with Crippen molar-refractivity contribution < 1.29 is 4.74 Å². The number of nitrogens with one attached hydrogen (secondary N) is 2. The van der Waals surface area contributed by atoms with Crippen LogP contribution in [0.3, 0.4) is 0 Å². The molecule has 21 heavy (non-hydrogen) atoms. The largest absolute Gasteiger partial charge is 0.464 e. The van der Waals surface area contributed by atoms with Gasteiger partial charge in [-0.25, -0.2) is 0 Å². The minimum absolute atomic E-state index is 0.321. The van der Waals surface area contributed by atoms with Gasteiger partial charge < -0.3 is 15.4 Å². The summed E-state index contributed by atoms with van der Waals surface area (Å²) in [7, 11) is 0. The van der Waals surface area contributed by atoms with Crippen LogP contribution in [-0.2, 0) is 0 Å². The summed E-state index contributed by atoms with van der Waals surface area (Å²) in [5.41, 5.74) is 2.11. The Morgan fingerprint density at radius 2 is 1.90 bits per heavy atom. The Balaban J connectivity index is 2.22. The molecule has 2 rings (SSSR count). The number of hydrogen-bond donors (Lipinski definition) is 2. The van der Waals surface area contributed by atoms with Crippen LogP contribution in [-0.4, -0.2) is 28.1 Å². The number of rotatable bonds is 7. The minimum atomic E-state index is 0.321. The van der Waals surface area contributed by atoms with Gasteiger partial charge in [-0.05, 0) is 38.0 Å². The fourth-order valence-corrected chi connectivity index (χ4v) is 1.77. The Bertz CT molecular complexity index is 588. The standard InChI is InChI=1S/C15H21N5O/c1-4-9-16-13-18-14(20-15(19-13)21-5-2)17-12-8-6-7-11(3)10-12/h6-8,10H,4-5,9H2,1-3H3,(H2,16,17,18,19,20). The highest BCUT2D eigenvalue weighted by Crippen LogP contribution is 2.17. The normalized spacial score (nSPS) is 10.2. The molecule has 2 aromatic rings. The Hall–Kier alpha value is -2.37. The summed E-state index contributed by atoms with van der Waals surface area (Å²) < 4.78 is 5.39. The molecule has 112 valence electrons. The first-order valence-corrected chi connectivity index (χ1v) is 7.17. The number of nitrogens with zero attached hydrogens (tertiary/aromatic N) is 3. The number of ether oxygens (including phenoxy) is 1. The van der Waals surface area contributed by atoms with Gasteiger partial charge in [-0.1, -0.05) is 19.1 Å². The number of anilines is 3. The van der Waals surface area contributed by atoms with E-state index in [9.17, 15) is 0 Å². The predicted octanol–water partition coefficient (Wildman–Crippen LogP) is 3.14. The van der Waals surface area contributed by atoms with Crippen LogP contribution in [0.25, 0.3) is 0 Å². The first-order valence-electron chi connectivity index (χ1n) is 7.17. The van der Waals surface area contributed by atoms with Crippen LogP contribution >= 0.6 is 0 Å². The van der Waals surface area contributed by atoms with E-state index in [1.165, 1.54) is 5.56 Å². The molecule has 0 saturated carbocycles. The smallest absolute Gasteiger partial charge is 0.323 e. The topological polar surface area (TPSA) is 72.0 Å². The molecular weight excluding hydrogens is 266 g/mol. The van der Waals surface area contributed by atoms with Crippen molar-refractivity contribution in [2.45, 2.75) is 27.2 Å². The Morgan fingerprint density at radius 1 is 1.10 bits per heavy atom. The molecule has 0 aliphatic carbocycles. The lowest BCUT2D eigenvalue weighted by molar-refractivity contribution is 0.312. The Morgan fingerprint density at radius 3 is 2.62 bits per heavy atom. The zero-order valence-electron chi connectivity index (χ0n) is 12.7. The van der Waals surface area contributed by atoms with Crippen LogP contribution in [0.2, 0.25) is 0 Å². The van der Waals surface area contributed by atoms with Gasteiger partial charge in [-0.2, -0.15) is 15.0 Å². The molecular formula is C15H21N5O. The fraction of sp³-hybridized carbons (Fsp3) is 0.400. The van der Waals surface area contributed by atoms with E-state index in [0.29, 0.717) is 24.5 Å². The average Bonchev–Trinajstić information content (AvgIpc) is 2.45. The highest BCUT2D eigenvalue weighted by Gasteiger charge is 2.07. The lowest BCUT2D eigenvalue weighted by Gasteiger charge is -2.10. The van der Waals surface area contributed by atoms with Gasteiger partial charge in [0.25, 0.3) is 0 Å². The minimum Gasteiger partial charge on any atom is -0.464 e. The summed E-state index contributed by atoms with van der Waals surface area (Å²) in [6, 6.07) is 8.34. The van der Waals surface area contributed by atoms with Crippen LogP contribution in [0, 0.1) is 6.92 Å². The second-order valence-electron chi connectivity index (χ2n) is 4.62. The van der Waals surface area contributed by atoms with Gasteiger partial charge in [-0.3, -0.25) is 0 Å². The van der Waals surface area contributed by atoms with Crippen molar-refractivity contribution in [1.82, 2.24) is 15.0 Å². The van der Waals surface area contributed by atoms with Crippen LogP contribution in [0.1, 0.15) is 25.8 Å². The van der Waals surface area contributed by atoms with Crippen LogP contribution in [0.15, 0.2) is 24.3 Å². The maximum atomic E-state index is 5.39. The van der Waals surface area contributed by atoms with Gasteiger partial charge in [0.1, 0.15) is 0 Å². The number of benzene rings is 1. The lowest BCUT2D eigenvalue weighted by atomic mass is 10.2. The van der Waals surface area contributed by atoms with Crippen molar-refractivity contribution in [2.75, 3.05) is 23.8 Å². The molecule has 0 saturated heterocycles. The molecule has 1 aromatic carbocycles. The zero-order chi connectivity index (χ0) is 15.1. The van der Waals surface area contributed by atoms with Crippen molar-refractivity contribution in [3.63, 3.8) is 0 Å². The molecule has 0 fully saturated rings. The maximum Gasteiger partial charge on any atom is 0.323 e. The lowest BCUT2D eigenvalue weighted by Crippen LogP contribution is -2.09. The quantitative estimate of drug-likeness (QED) is 0.815. The van der Waals surface area contributed by atoms with E-state index in [1.54, 1.807) is 0 Å². The first kappa shape index (κ1) is 15.0. The van der Waals surface area contributed by atoms with Crippen molar-refractivity contribution in [3.05, 3.63) is 29.8 Å². The summed E-state index contributed by atoms with van der Waals surface area (Å²) in [6.07, 6.45) is 0.996. The molecule has 0 amide bonds. The van der Waals surface area contributed by atoms with Gasteiger partial charge in [-0.15, -0.1) is 0 Å². The van der Waals surface area contributed by atoms with Gasteiger partial charge in [0.05, 0.1) is 6.61 Å². The first-order chi connectivity index (χ1) is 10.2. The second kappa shape index (κ2) is 7.42. The number of hydrogen-bond acceptors (Lipinski definition) is 6. The SMILES string of the molecule is CCCNc1nc(Nc2cccc(C)c2)nc(OCC)n1. The molecule has 0 radical (unpaired) electrons. The summed E-state index contributed by atoms with van der Waals surface area (Å²) in [6.45, 7) is 7.35. The van der Waals surface area contributed by atoms with E-state index in [4.69, 9.17) is 4.74 Å². The highest BCUT2D eigenvalue weighted by atomic mass is 16.5. The molecule has 0 bridgehead atoms. The fourth-order valence-electron chi connectivity index (χ4n) is 1.77. The van der Waals surface area contributed by atoms with E-state index >= 15 is 0 Å². The van der Waals surface area contributed by atoms with Gasteiger partial charge in [0.2, 0.25) is 11.9 Å². The molecule has 0 aliphatic rings. The highest BCUT2D eigenvalue weighted by molar-refractivity contribution is 5.55. The summed E-state index contributed by atoms with van der Waals surface area (Å²) >= 11 is 0. The molecule has 2 N–H and O–H groups in total. The molecule has 0 spiro atoms. The van der Waals surface area contributed by atoms with Crippen LogP contribution in [0.4, 0.5) is 17.6 Å². The average molecular weight is 287 g/mol. The third-order valence-corrected chi connectivity index (χ3v) is 2.70. The van der Waals surface area contributed by atoms with E-state index in [0.717, 1.165) is 18.7 Å². The maximum absolute atomic E-state index is 5.39. The van der Waals surface area contributed by atoms with E-state index in [-0.39, 0.29) is 0 Å². The Labute approximate surface area is 125 Å². The van der Waals surface area contributed by atoms with E-state index < -0.39 is 0 Å². The van der Waals surface area contributed by atoms with E-state index in [1.807, 2.05) is 38.1 Å². The van der Waals surface area contributed by atoms with Crippen LogP contribution in [0.5, 0.6) is 6.01 Å². The van der Waals surface area contributed by atoms with Crippen molar-refractivity contribution >= 4 is 17.6 Å².